The topological polar surface area (TPSA) is 3.24 Å². The van der Waals surface area contributed by atoms with Gasteiger partial charge < -0.3 is 4.90 Å². The Hall–Kier alpha value is -0.460. The Balaban J connectivity index is 3.14. The van der Waals surface area contributed by atoms with E-state index in [0.717, 1.165) is 6.54 Å². The average molecular weight is 155 g/mol. The first-order chi connectivity index (χ1) is 5.35. The van der Waals surface area contributed by atoms with Gasteiger partial charge in [-0.15, -0.1) is 0 Å². The van der Waals surface area contributed by atoms with Gasteiger partial charge in [-0.25, -0.2) is 0 Å². The van der Waals surface area contributed by atoms with Gasteiger partial charge in [-0.3, -0.25) is 0 Å². The van der Waals surface area contributed by atoms with E-state index < -0.39 is 0 Å². The van der Waals surface area contributed by atoms with Crippen LogP contribution in [0.25, 0.3) is 0 Å². The molecule has 0 saturated carbocycles. The second-order valence-corrected chi connectivity index (χ2v) is 2.87. The summed E-state index contributed by atoms with van der Waals surface area (Å²) in [6.07, 6.45) is 7.30. The van der Waals surface area contributed by atoms with E-state index in [4.69, 9.17) is 0 Å². The highest BCUT2D eigenvalue weighted by atomic mass is 15.1. The minimum absolute atomic E-state index is 1.09. The van der Waals surface area contributed by atoms with Gasteiger partial charge in [0.25, 0.3) is 0 Å². The number of rotatable bonds is 7. The average Bonchev–Trinajstić information content (AvgIpc) is 2.05. The highest BCUT2D eigenvalue weighted by Crippen LogP contribution is 2.00. The molecule has 0 amide bonds. The lowest BCUT2D eigenvalue weighted by atomic mass is 10.2. The molecule has 0 aliphatic rings. The fraction of sp³-hybridized carbons (Fsp3) is 0.800. The summed E-state index contributed by atoms with van der Waals surface area (Å²) in [5.74, 6) is 0. The van der Waals surface area contributed by atoms with Crippen LogP contribution in [0.4, 0.5) is 0 Å². The Morgan fingerprint density at radius 2 is 1.91 bits per heavy atom. The van der Waals surface area contributed by atoms with Crippen LogP contribution in [0, 0.1) is 0 Å². The summed E-state index contributed by atoms with van der Waals surface area (Å²) in [5.41, 5.74) is 0. The molecule has 0 atom stereocenters. The number of hydrogen-bond acceptors (Lipinski definition) is 1. The predicted octanol–water partition coefficient (Wildman–Crippen LogP) is 3.03. The normalized spacial score (nSPS) is 9.64. The molecule has 0 N–H and O–H groups in total. The fourth-order valence-electron chi connectivity index (χ4n) is 1.12. The Bertz CT molecular complexity index is 88.9. The number of hydrogen-bond donors (Lipinski definition) is 0. The van der Waals surface area contributed by atoms with Crippen LogP contribution in [-0.2, 0) is 0 Å². The molecule has 1 nitrogen and oxygen atoms in total. The first-order valence-corrected chi connectivity index (χ1v) is 4.71. The summed E-state index contributed by atoms with van der Waals surface area (Å²) in [5, 5.41) is 0. The molecule has 0 radical (unpaired) electrons. The largest absolute Gasteiger partial charge is 0.378 e. The predicted molar refractivity (Wildman–Crippen MR) is 51.6 cm³/mol. The second-order valence-electron chi connectivity index (χ2n) is 2.87. The molecule has 0 heterocycles. The third kappa shape index (κ3) is 5.96. The lowest BCUT2D eigenvalue weighted by Crippen LogP contribution is -2.17. The van der Waals surface area contributed by atoms with Crippen molar-refractivity contribution in [1.29, 1.82) is 0 Å². The minimum Gasteiger partial charge on any atom is -0.378 e. The van der Waals surface area contributed by atoms with Crippen LogP contribution in [-0.4, -0.2) is 18.0 Å². The molecule has 0 aromatic carbocycles. The zero-order valence-corrected chi connectivity index (χ0v) is 7.97. The third-order valence-corrected chi connectivity index (χ3v) is 1.96. The summed E-state index contributed by atoms with van der Waals surface area (Å²) in [7, 11) is 0. The van der Waals surface area contributed by atoms with Crippen LogP contribution in [0.15, 0.2) is 12.8 Å². The van der Waals surface area contributed by atoms with Crippen LogP contribution in [0.3, 0.4) is 0 Å². The van der Waals surface area contributed by atoms with Crippen LogP contribution < -0.4 is 0 Å². The van der Waals surface area contributed by atoms with Gasteiger partial charge in [-0.2, -0.15) is 0 Å². The van der Waals surface area contributed by atoms with Crippen molar-refractivity contribution in [2.75, 3.05) is 13.1 Å². The number of unbranched alkanes of at least 4 members (excludes halogenated alkanes) is 3. The first kappa shape index (κ1) is 10.5. The molecule has 66 valence electrons. The zero-order valence-electron chi connectivity index (χ0n) is 7.97. The first-order valence-electron chi connectivity index (χ1n) is 4.71. The van der Waals surface area contributed by atoms with E-state index in [-0.39, 0.29) is 0 Å². The van der Waals surface area contributed by atoms with Gasteiger partial charge in [0, 0.05) is 13.1 Å². The number of nitrogens with zero attached hydrogens (tertiary/aromatic N) is 1. The Kier molecular flexibility index (Phi) is 7.33. The van der Waals surface area contributed by atoms with Gasteiger partial charge in [0.1, 0.15) is 0 Å². The SMILES string of the molecule is C=CN(CC)CCCCCC. The highest BCUT2D eigenvalue weighted by Gasteiger charge is 1.93. The van der Waals surface area contributed by atoms with Crippen molar-refractivity contribution >= 4 is 0 Å². The maximum Gasteiger partial charge on any atom is 0.0172 e. The van der Waals surface area contributed by atoms with Crippen molar-refractivity contribution < 1.29 is 0 Å². The summed E-state index contributed by atoms with van der Waals surface area (Å²) in [6, 6.07) is 0. The Morgan fingerprint density at radius 1 is 1.18 bits per heavy atom. The molecule has 11 heavy (non-hydrogen) atoms. The van der Waals surface area contributed by atoms with Crippen molar-refractivity contribution in [3.05, 3.63) is 12.8 Å². The molecule has 0 aliphatic heterocycles. The fourth-order valence-corrected chi connectivity index (χ4v) is 1.12. The van der Waals surface area contributed by atoms with E-state index in [1.807, 2.05) is 6.20 Å². The van der Waals surface area contributed by atoms with Gasteiger partial charge in [0.2, 0.25) is 0 Å². The molecule has 0 bridgehead atoms. The van der Waals surface area contributed by atoms with Gasteiger partial charge in [-0.1, -0.05) is 32.8 Å². The molecule has 0 unspecified atom stereocenters. The van der Waals surface area contributed by atoms with Gasteiger partial charge >= 0.3 is 0 Å². The smallest absolute Gasteiger partial charge is 0.0172 e. The van der Waals surface area contributed by atoms with Crippen molar-refractivity contribution in [2.24, 2.45) is 0 Å². The lowest BCUT2D eigenvalue weighted by molar-refractivity contribution is 0.382. The molecule has 1 heteroatoms. The molecule has 0 saturated heterocycles. The van der Waals surface area contributed by atoms with Crippen LogP contribution in [0.2, 0.25) is 0 Å². The standard InChI is InChI=1S/C10H21N/c1-4-7-8-9-10-11(5-2)6-3/h5H,2,4,6-10H2,1,3H3. The highest BCUT2D eigenvalue weighted by molar-refractivity contribution is 4.68. The van der Waals surface area contributed by atoms with Crippen molar-refractivity contribution in [3.8, 4) is 0 Å². The van der Waals surface area contributed by atoms with Crippen LogP contribution in [0.1, 0.15) is 39.5 Å². The summed E-state index contributed by atoms with van der Waals surface area (Å²) >= 11 is 0. The van der Waals surface area contributed by atoms with E-state index >= 15 is 0 Å². The maximum atomic E-state index is 3.76. The molecule has 0 rings (SSSR count). The van der Waals surface area contributed by atoms with E-state index in [9.17, 15) is 0 Å². The zero-order chi connectivity index (χ0) is 8.53. The van der Waals surface area contributed by atoms with Gasteiger partial charge in [-0.05, 0) is 19.5 Å². The van der Waals surface area contributed by atoms with E-state index in [1.165, 1.54) is 32.2 Å². The third-order valence-electron chi connectivity index (χ3n) is 1.96. The molecular formula is C10H21N. The lowest BCUT2D eigenvalue weighted by Gasteiger charge is -2.16. The van der Waals surface area contributed by atoms with Crippen LogP contribution >= 0.6 is 0 Å². The molecule has 0 aromatic rings. The quantitative estimate of drug-likeness (QED) is 0.511. The monoisotopic (exact) mass is 155 g/mol. The van der Waals surface area contributed by atoms with Crippen molar-refractivity contribution in [1.82, 2.24) is 4.90 Å². The molecule has 0 fully saturated rings. The minimum atomic E-state index is 1.09. The van der Waals surface area contributed by atoms with Crippen molar-refractivity contribution in [3.63, 3.8) is 0 Å². The molecule has 0 aromatic heterocycles. The summed E-state index contributed by atoms with van der Waals surface area (Å²) < 4.78 is 0. The van der Waals surface area contributed by atoms with E-state index in [2.05, 4.69) is 25.3 Å². The Morgan fingerprint density at radius 3 is 2.36 bits per heavy atom. The van der Waals surface area contributed by atoms with E-state index in [0.29, 0.717) is 0 Å². The molecular weight excluding hydrogens is 134 g/mol. The molecule has 0 aliphatic carbocycles. The van der Waals surface area contributed by atoms with Gasteiger partial charge in [0.05, 0.1) is 0 Å². The second kappa shape index (κ2) is 7.64. The van der Waals surface area contributed by atoms with Gasteiger partial charge in [0.15, 0.2) is 0 Å². The van der Waals surface area contributed by atoms with Crippen molar-refractivity contribution in [2.45, 2.75) is 39.5 Å². The van der Waals surface area contributed by atoms with E-state index in [1.54, 1.807) is 0 Å². The Labute approximate surface area is 71.1 Å². The summed E-state index contributed by atoms with van der Waals surface area (Å²) in [6.45, 7) is 10.4. The summed E-state index contributed by atoms with van der Waals surface area (Å²) in [4.78, 5) is 2.26. The maximum absolute atomic E-state index is 3.76. The molecule has 0 spiro atoms. The van der Waals surface area contributed by atoms with Crippen LogP contribution in [0.5, 0.6) is 0 Å².